The average molecular weight is 278 g/mol. The quantitative estimate of drug-likeness (QED) is 0.485. The molecule has 6 heteroatoms. The Morgan fingerprint density at radius 3 is 2.41 bits per heavy atom. The first kappa shape index (κ1) is 14.4. The van der Waals surface area contributed by atoms with E-state index in [1.165, 1.54) is 6.07 Å². The molecule has 0 spiro atoms. The molecule has 0 saturated heterocycles. The van der Waals surface area contributed by atoms with Crippen LogP contribution in [-0.4, -0.2) is 52.6 Å². The molecule has 0 heterocycles. The Hall–Kier alpha value is -0.620. The summed E-state index contributed by atoms with van der Waals surface area (Å²) in [5, 5.41) is 1.31. The molecule has 0 unspecified atom stereocenters. The van der Waals surface area contributed by atoms with E-state index in [9.17, 15) is 13.2 Å². The summed E-state index contributed by atoms with van der Waals surface area (Å²) in [6, 6.07) is 11.8. The molecule has 0 saturated carbocycles. The fourth-order valence-electron chi connectivity index (χ4n) is 1.52. The van der Waals surface area contributed by atoms with Crippen molar-refractivity contribution in [1.82, 2.24) is 0 Å². The molecule has 0 atom stereocenters. The standard InChI is InChI=1S/C11H8O4S.Ca.2H/c12-8-15-16(13,14)11-7-3-5-9-4-1-2-6-10(9)11;;;/h1-8H;;;/q;+2;2*-1. The average Bonchev–Trinajstić information content (AvgIpc) is 2.28. The van der Waals surface area contributed by atoms with E-state index in [0.29, 0.717) is 5.39 Å². The van der Waals surface area contributed by atoms with Crippen molar-refractivity contribution >= 4 is 65.1 Å². The predicted molar refractivity (Wildman–Crippen MR) is 66.3 cm³/mol. The van der Waals surface area contributed by atoms with Crippen LogP contribution in [0.3, 0.4) is 0 Å². The van der Waals surface area contributed by atoms with Crippen molar-refractivity contribution < 1.29 is 20.2 Å². The minimum Gasteiger partial charge on any atom is -1.00 e. The van der Waals surface area contributed by atoms with Crippen LogP contribution < -0.4 is 0 Å². The third-order valence-corrected chi connectivity index (χ3v) is 3.41. The molecule has 0 aromatic heterocycles. The molecule has 4 nitrogen and oxygen atoms in total. The molecule has 2 aromatic carbocycles. The molecule has 0 bridgehead atoms. The molecule has 17 heavy (non-hydrogen) atoms. The Balaban J connectivity index is 0. The second-order valence-electron chi connectivity index (χ2n) is 3.12. The van der Waals surface area contributed by atoms with Gasteiger partial charge in [0, 0.05) is 5.39 Å². The van der Waals surface area contributed by atoms with Gasteiger partial charge in [-0.2, -0.15) is 8.42 Å². The first-order chi connectivity index (χ1) is 7.65. The van der Waals surface area contributed by atoms with E-state index >= 15 is 0 Å². The van der Waals surface area contributed by atoms with Crippen LogP contribution in [0.5, 0.6) is 0 Å². The van der Waals surface area contributed by atoms with Crippen LogP contribution in [0.15, 0.2) is 47.4 Å². The minimum atomic E-state index is -4.00. The maximum atomic E-state index is 11.6. The Morgan fingerprint density at radius 2 is 1.71 bits per heavy atom. The van der Waals surface area contributed by atoms with Gasteiger partial charge in [0.1, 0.15) is 4.90 Å². The molecule has 2 rings (SSSR count). The maximum absolute atomic E-state index is 11.6. The van der Waals surface area contributed by atoms with E-state index in [-0.39, 0.29) is 52.0 Å². The second-order valence-corrected chi connectivity index (χ2v) is 4.66. The topological polar surface area (TPSA) is 60.4 Å². The number of carbonyl (C=O) groups is 1. The molecule has 0 fully saturated rings. The van der Waals surface area contributed by atoms with Gasteiger partial charge < -0.3 is 7.04 Å². The molecule has 86 valence electrons. The Kier molecular flexibility index (Phi) is 4.94. The van der Waals surface area contributed by atoms with Gasteiger partial charge >= 0.3 is 54.3 Å². The van der Waals surface area contributed by atoms with Gasteiger partial charge in [-0.3, -0.25) is 4.79 Å². The van der Waals surface area contributed by atoms with Crippen molar-refractivity contribution in [2.24, 2.45) is 0 Å². The summed E-state index contributed by atoms with van der Waals surface area (Å²) < 4.78 is 27.3. The van der Waals surface area contributed by atoms with Crippen molar-refractivity contribution in [3.05, 3.63) is 42.5 Å². The Bertz CT molecular complexity index is 641. The fourth-order valence-corrected chi connectivity index (χ4v) is 2.42. The Morgan fingerprint density at radius 1 is 1.06 bits per heavy atom. The van der Waals surface area contributed by atoms with Gasteiger partial charge in [-0.05, 0) is 11.5 Å². The smallest absolute Gasteiger partial charge is 1.00 e. The molecule has 0 radical (unpaired) electrons. The van der Waals surface area contributed by atoms with Crippen LogP contribution in [0.4, 0.5) is 0 Å². The third kappa shape index (κ3) is 2.98. The number of benzene rings is 2. The van der Waals surface area contributed by atoms with E-state index in [0.717, 1.165) is 5.39 Å². The molecule has 2 aromatic rings. The van der Waals surface area contributed by atoms with Crippen molar-refractivity contribution in [2.45, 2.75) is 4.90 Å². The molecule has 0 N–H and O–H groups in total. The number of rotatable bonds is 3. The van der Waals surface area contributed by atoms with Crippen molar-refractivity contribution in [2.75, 3.05) is 0 Å². The zero-order valence-corrected chi connectivity index (χ0v) is 11.9. The van der Waals surface area contributed by atoms with Gasteiger partial charge in [-0.25, -0.2) is 0 Å². The molecule has 0 aliphatic rings. The zero-order valence-electron chi connectivity index (χ0n) is 10.9. The van der Waals surface area contributed by atoms with Crippen molar-refractivity contribution in [1.29, 1.82) is 0 Å². The van der Waals surface area contributed by atoms with Crippen LogP contribution in [0.2, 0.25) is 0 Å². The van der Waals surface area contributed by atoms with Crippen LogP contribution in [-0.2, 0) is 19.1 Å². The van der Waals surface area contributed by atoms with Gasteiger partial charge in [0.05, 0.1) is 0 Å². The van der Waals surface area contributed by atoms with E-state index in [1.807, 2.05) is 0 Å². The normalized spacial score (nSPS) is 10.6. The number of fused-ring (bicyclic) bond motifs is 1. The van der Waals surface area contributed by atoms with Gasteiger partial charge in [0.15, 0.2) is 0 Å². The zero-order chi connectivity index (χ0) is 11.6. The summed E-state index contributed by atoms with van der Waals surface area (Å²) in [7, 11) is -4.00. The van der Waals surface area contributed by atoms with Crippen molar-refractivity contribution in [3.63, 3.8) is 0 Å². The first-order valence-electron chi connectivity index (χ1n) is 4.50. The molecule has 0 aliphatic heterocycles. The third-order valence-electron chi connectivity index (χ3n) is 2.18. The van der Waals surface area contributed by atoms with E-state index in [2.05, 4.69) is 4.18 Å². The summed E-state index contributed by atoms with van der Waals surface area (Å²) in [5.41, 5.74) is 0. The first-order valence-corrected chi connectivity index (χ1v) is 5.91. The van der Waals surface area contributed by atoms with E-state index < -0.39 is 10.1 Å². The largest absolute Gasteiger partial charge is 2.00 e. The van der Waals surface area contributed by atoms with Gasteiger partial charge in [0.2, 0.25) is 0 Å². The summed E-state index contributed by atoms with van der Waals surface area (Å²) in [4.78, 5) is 10.1. The van der Waals surface area contributed by atoms with Crippen LogP contribution in [0, 0.1) is 0 Å². The van der Waals surface area contributed by atoms with Crippen molar-refractivity contribution in [3.8, 4) is 0 Å². The predicted octanol–water partition coefficient (Wildman–Crippen LogP) is 1.55. The van der Waals surface area contributed by atoms with Gasteiger partial charge in [0.25, 0.3) is 0 Å². The monoisotopic (exact) mass is 278 g/mol. The molecular formula is C11H10CaO4S. The number of carbonyl (C=O) groups excluding carboxylic acids is 1. The summed E-state index contributed by atoms with van der Waals surface area (Å²) in [6.45, 7) is -0.0862. The maximum Gasteiger partial charge on any atom is 2.00 e. The fraction of sp³-hybridized carbons (Fsp3) is 0. The molecule has 0 amide bonds. The molecular weight excluding hydrogens is 268 g/mol. The summed E-state index contributed by atoms with van der Waals surface area (Å²) >= 11 is 0. The number of hydrogen-bond acceptors (Lipinski definition) is 4. The SMILES string of the molecule is O=COS(=O)(=O)c1cccc2ccccc12.[Ca+2].[H-].[H-]. The van der Waals surface area contributed by atoms with E-state index in [4.69, 9.17) is 0 Å². The number of hydrogen-bond donors (Lipinski definition) is 0. The van der Waals surface area contributed by atoms with Crippen LogP contribution in [0.1, 0.15) is 2.85 Å². The Labute approximate surface area is 132 Å². The minimum absolute atomic E-state index is 0. The van der Waals surface area contributed by atoms with Crippen LogP contribution >= 0.6 is 0 Å². The van der Waals surface area contributed by atoms with E-state index in [1.54, 1.807) is 36.4 Å². The summed E-state index contributed by atoms with van der Waals surface area (Å²) in [6.07, 6.45) is 0. The second kappa shape index (κ2) is 5.82. The van der Waals surface area contributed by atoms with Crippen LogP contribution in [0.25, 0.3) is 10.8 Å². The van der Waals surface area contributed by atoms with Gasteiger partial charge in [-0.1, -0.05) is 36.4 Å². The summed E-state index contributed by atoms with van der Waals surface area (Å²) in [5.74, 6) is 0. The van der Waals surface area contributed by atoms with Gasteiger partial charge in [-0.15, -0.1) is 0 Å². The molecule has 0 aliphatic carbocycles.